The fourth-order valence-corrected chi connectivity index (χ4v) is 3.39. The molecule has 9 nitrogen and oxygen atoms in total. The van der Waals surface area contributed by atoms with Crippen molar-refractivity contribution in [3.63, 3.8) is 0 Å². The normalized spacial score (nSPS) is 15.7. The van der Waals surface area contributed by atoms with Gasteiger partial charge in [-0.25, -0.2) is 19.1 Å². The SMILES string of the molecule is CC(=O)NC[C@H]1CN(c2ccc(-c3ccc(Cc4n[nH]c(=O)[nH]4)cc3)c(F)c2)C(=O)O1. The Labute approximate surface area is 176 Å². The van der Waals surface area contributed by atoms with E-state index in [2.05, 4.69) is 20.5 Å². The number of hydrogen-bond donors (Lipinski definition) is 3. The molecule has 1 fully saturated rings. The average molecular weight is 425 g/mol. The van der Waals surface area contributed by atoms with Crippen LogP contribution in [0.15, 0.2) is 47.3 Å². The fourth-order valence-electron chi connectivity index (χ4n) is 3.39. The van der Waals surface area contributed by atoms with Crippen molar-refractivity contribution in [3.8, 4) is 11.1 Å². The van der Waals surface area contributed by atoms with Crippen LogP contribution in [-0.4, -0.2) is 46.4 Å². The molecule has 2 amide bonds. The first-order valence-electron chi connectivity index (χ1n) is 9.64. The average Bonchev–Trinajstić information content (AvgIpc) is 3.32. The molecule has 2 aromatic carbocycles. The van der Waals surface area contributed by atoms with E-state index in [1.165, 1.54) is 17.9 Å². The zero-order valence-electron chi connectivity index (χ0n) is 16.6. The highest BCUT2D eigenvalue weighted by molar-refractivity contribution is 5.90. The third-order valence-electron chi connectivity index (χ3n) is 4.90. The molecule has 0 unspecified atom stereocenters. The van der Waals surface area contributed by atoms with E-state index in [0.29, 0.717) is 29.1 Å². The van der Waals surface area contributed by atoms with Gasteiger partial charge in [-0.05, 0) is 29.3 Å². The number of halogens is 1. The molecule has 3 N–H and O–H groups in total. The summed E-state index contributed by atoms with van der Waals surface area (Å²) < 4.78 is 20.0. The topological polar surface area (TPSA) is 120 Å². The van der Waals surface area contributed by atoms with Crippen LogP contribution in [-0.2, 0) is 16.0 Å². The summed E-state index contributed by atoms with van der Waals surface area (Å²) in [5.41, 5.74) is 2.00. The van der Waals surface area contributed by atoms with Gasteiger partial charge in [-0.3, -0.25) is 14.7 Å². The Bertz CT molecular complexity index is 1170. The standard InChI is InChI=1S/C21H20FN5O4/c1-12(28)23-10-16-11-27(21(30)31-16)15-6-7-17(18(22)9-15)14-4-2-13(3-5-14)8-19-24-20(29)26-25-19/h2-7,9,16H,8,10-11H2,1H3,(H,23,28)(H2,24,25,26,29)/t16-/m0/s1. The molecule has 4 rings (SSSR count). The Morgan fingerprint density at radius 3 is 2.68 bits per heavy atom. The predicted molar refractivity (Wildman–Crippen MR) is 110 cm³/mol. The minimum absolute atomic E-state index is 0.205. The molecule has 3 aromatic rings. The van der Waals surface area contributed by atoms with E-state index in [9.17, 15) is 18.8 Å². The van der Waals surface area contributed by atoms with Crippen molar-refractivity contribution >= 4 is 17.7 Å². The largest absolute Gasteiger partial charge is 0.442 e. The van der Waals surface area contributed by atoms with Crippen molar-refractivity contribution in [1.82, 2.24) is 20.5 Å². The molecule has 0 spiro atoms. The number of nitrogens with zero attached hydrogens (tertiary/aromatic N) is 2. The smallest absolute Gasteiger partial charge is 0.414 e. The predicted octanol–water partition coefficient (Wildman–Crippen LogP) is 1.96. The summed E-state index contributed by atoms with van der Waals surface area (Å²) in [4.78, 5) is 38.2. The highest BCUT2D eigenvalue weighted by Gasteiger charge is 2.32. The van der Waals surface area contributed by atoms with Gasteiger partial charge in [-0.2, -0.15) is 5.10 Å². The molecule has 0 radical (unpaired) electrons. The van der Waals surface area contributed by atoms with Crippen LogP contribution < -0.4 is 15.9 Å². The quantitative estimate of drug-likeness (QED) is 0.558. The molecule has 0 bridgehead atoms. The molecule has 1 aliphatic heterocycles. The zero-order chi connectivity index (χ0) is 22.0. The number of benzene rings is 2. The molecule has 1 saturated heterocycles. The molecular formula is C21H20FN5O4. The first kappa shape index (κ1) is 20.3. The first-order valence-corrected chi connectivity index (χ1v) is 9.64. The summed E-state index contributed by atoms with van der Waals surface area (Å²) in [5.74, 6) is -0.170. The van der Waals surface area contributed by atoms with E-state index in [1.54, 1.807) is 24.3 Å². The van der Waals surface area contributed by atoms with Gasteiger partial charge in [0.15, 0.2) is 0 Å². The van der Waals surface area contributed by atoms with Gasteiger partial charge in [0, 0.05) is 18.9 Å². The maximum atomic E-state index is 14.8. The summed E-state index contributed by atoms with van der Waals surface area (Å²) in [6, 6.07) is 11.8. The van der Waals surface area contributed by atoms with Crippen LogP contribution in [0.25, 0.3) is 11.1 Å². The molecule has 160 valence electrons. The van der Waals surface area contributed by atoms with E-state index < -0.39 is 18.0 Å². The molecule has 10 heteroatoms. The maximum absolute atomic E-state index is 14.8. The van der Waals surface area contributed by atoms with Gasteiger partial charge in [-0.1, -0.05) is 24.3 Å². The lowest BCUT2D eigenvalue weighted by Gasteiger charge is -2.14. The summed E-state index contributed by atoms with van der Waals surface area (Å²) in [5, 5.41) is 8.79. The van der Waals surface area contributed by atoms with Gasteiger partial charge in [-0.15, -0.1) is 0 Å². The molecule has 31 heavy (non-hydrogen) atoms. The number of aromatic amines is 2. The monoisotopic (exact) mass is 425 g/mol. The Morgan fingerprint density at radius 2 is 2.03 bits per heavy atom. The molecule has 0 aliphatic carbocycles. The minimum Gasteiger partial charge on any atom is -0.442 e. The number of cyclic esters (lactones) is 1. The second kappa shape index (κ2) is 8.42. The van der Waals surface area contributed by atoms with Crippen LogP contribution in [0.2, 0.25) is 0 Å². The lowest BCUT2D eigenvalue weighted by Crippen LogP contribution is -2.33. The van der Waals surface area contributed by atoms with Crippen molar-refractivity contribution in [1.29, 1.82) is 0 Å². The Morgan fingerprint density at radius 1 is 1.26 bits per heavy atom. The third kappa shape index (κ3) is 4.63. The summed E-state index contributed by atoms with van der Waals surface area (Å²) in [6.45, 7) is 1.81. The Kier molecular flexibility index (Phi) is 5.52. The number of ether oxygens (including phenoxy) is 1. The van der Waals surface area contributed by atoms with Gasteiger partial charge < -0.3 is 10.1 Å². The molecule has 2 heterocycles. The summed E-state index contributed by atoms with van der Waals surface area (Å²) in [7, 11) is 0. The first-order chi connectivity index (χ1) is 14.9. The number of rotatable bonds is 6. The third-order valence-corrected chi connectivity index (χ3v) is 4.90. The number of anilines is 1. The summed E-state index contributed by atoms with van der Waals surface area (Å²) >= 11 is 0. The second-order valence-electron chi connectivity index (χ2n) is 7.22. The molecule has 1 aromatic heterocycles. The Balaban J connectivity index is 1.47. The second-order valence-corrected chi connectivity index (χ2v) is 7.22. The van der Waals surface area contributed by atoms with Gasteiger partial charge in [0.05, 0.1) is 18.8 Å². The van der Waals surface area contributed by atoms with Crippen molar-refractivity contribution in [2.45, 2.75) is 19.4 Å². The number of amides is 2. The summed E-state index contributed by atoms with van der Waals surface area (Å²) in [6.07, 6.45) is -0.628. The van der Waals surface area contributed by atoms with Crippen LogP contribution in [0.4, 0.5) is 14.9 Å². The zero-order valence-corrected chi connectivity index (χ0v) is 16.6. The van der Waals surface area contributed by atoms with Crippen LogP contribution >= 0.6 is 0 Å². The van der Waals surface area contributed by atoms with Crippen LogP contribution in [0, 0.1) is 5.82 Å². The number of nitrogens with one attached hydrogen (secondary N) is 3. The number of H-pyrrole nitrogens is 2. The van der Waals surface area contributed by atoms with Crippen LogP contribution in [0.3, 0.4) is 0 Å². The molecular weight excluding hydrogens is 405 g/mol. The molecule has 1 aliphatic rings. The number of aromatic nitrogens is 3. The van der Waals surface area contributed by atoms with Crippen molar-refractivity contribution in [2.24, 2.45) is 0 Å². The number of carbonyl (C=O) groups excluding carboxylic acids is 2. The highest BCUT2D eigenvalue weighted by Crippen LogP contribution is 2.29. The number of carbonyl (C=O) groups is 2. The van der Waals surface area contributed by atoms with E-state index in [-0.39, 0.29) is 24.7 Å². The highest BCUT2D eigenvalue weighted by atomic mass is 19.1. The van der Waals surface area contributed by atoms with Gasteiger partial charge >= 0.3 is 11.8 Å². The lowest BCUT2D eigenvalue weighted by molar-refractivity contribution is -0.119. The Hall–Kier alpha value is -3.95. The van der Waals surface area contributed by atoms with Crippen molar-refractivity contribution in [3.05, 3.63) is 70.2 Å². The van der Waals surface area contributed by atoms with Crippen LogP contribution in [0.1, 0.15) is 18.3 Å². The van der Waals surface area contributed by atoms with Crippen molar-refractivity contribution < 1.29 is 18.7 Å². The minimum atomic E-state index is -0.580. The van der Waals surface area contributed by atoms with Gasteiger partial charge in [0.1, 0.15) is 17.7 Å². The molecule has 0 saturated carbocycles. The van der Waals surface area contributed by atoms with Gasteiger partial charge in [0.2, 0.25) is 5.91 Å². The van der Waals surface area contributed by atoms with Gasteiger partial charge in [0.25, 0.3) is 0 Å². The van der Waals surface area contributed by atoms with Crippen molar-refractivity contribution in [2.75, 3.05) is 18.0 Å². The molecule has 1 atom stereocenters. The van der Waals surface area contributed by atoms with E-state index in [4.69, 9.17) is 4.74 Å². The van der Waals surface area contributed by atoms with E-state index in [1.807, 2.05) is 12.1 Å². The lowest BCUT2D eigenvalue weighted by atomic mass is 10.0. The fraction of sp³-hybridized carbons (Fsp3) is 0.238. The maximum Gasteiger partial charge on any atom is 0.414 e. The number of hydrogen-bond acceptors (Lipinski definition) is 5. The van der Waals surface area contributed by atoms with E-state index in [0.717, 1.165) is 5.56 Å². The van der Waals surface area contributed by atoms with Crippen LogP contribution in [0.5, 0.6) is 0 Å². The van der Waals surface area contributed by atoms with E-state index >= 15 is 0 Å².